The number of anilines is 2. The van der Waals surface area contributed by atoms with E-state index in [0.717, 1.165) is 44.9 Å². The highest BCUT2D eigenvalue weighted by Gasteiger charge is 2.26. The van der Waals surface area contributed by atoms with Gasteiger partial charge in [-0.3, -0.25) is 4.79 Å². The molecule has 4 aromatic rings. The van der Waals surface area contributed by atoms with Crippen molar-refractivity contribution >= 4 is 28.4 Å². The van der Waals surface area contributed by atoms with Gasteiger partial charge in [-0.2, -0.15) is 0 Å². The van der Waals surface area contributed by atoms with Gasteiger partial charge in [0.1, 0.15) is 28.9 Å². The van der Waals surface area contributed by atoms with Gasteiger partial charge in [0, 0.05) is 17.3 Å². The minimum Gasteiger partial charge on any atom is -0.496 e. The summed E-state index contributed by atoms with van der Waals surface area (Å²) in [6.07, 6.45) is 1.68. The normalized spacial score (nSPS) is 12.6. The molecule has 0 saturated heterocycles. The first-order chi connectivity index (χ1) is 16.5. The zero-order valence-corrected chi connectivity index (χ0v) is 19.2. The van der Waals surface area contributed by atoms with Crippen LogP contribution in [0.3, 0.4) is 0 Å². The van der Waals surface area contributed by atoms with Gasteiger partial charge in [-0.15, -0.1) is 0 Å². The maximum Gasteiger partial charge on any atom is 0.228 e. The van der Waals surface area contributed by atoms with Crippen molar-refractivity contribution in [2.45, 2.75) is 26.6 Å². The number of carbonyl (C=O) groups excluding carboxylic acids is 1. The molecule has 1 amide bonds. The molecule has 0 radical (unpaired) electrons. The molecular formula is C25H25N5O4. The summed E-state index contributed by atoms with van der Waals surface area (Å²) >= 11 is 0. The fourth-order valence-electron chi connectivity index (χ4n) is 4.44. The average Bonchev–Trinajstić information content (AvgIpc) is 3.43. The molecule has 1 aliphatic rings. The number of amides is 1. The maximum absolute atomic E-state index is 12.8. The Morgan fingerprint density at radius 2 is 1.97 bits per heavy atom. The number of aromatic nitrogens is 3. The number of hydrogen-bond acceptors (Lipinski definition) is 7. The number of ether oxygens (including phenoxy) is 3. The first-order valence-corrected chi connectivity index (χ1v) is 10.8. The molecule has 2 aromatic carbocycles. The highest BCUT2D eigenvalue weighted by Crippen LogP contribution is 2.37. The van der Waals surface area contributed by atoms with Gasteiger partial charge in [0.05, 0.1) is 45.2 Å². The van der Waals surface area contributed by atoms with E-state index < -0.39 is 0 Å². The Morgan fingerprint density at radius 3 is 2.76 bits per heavy atom. The quantitative estimate of drug-likeness (QED) is 0.453. The molecule has 0 atom stereocenters. The fourth-order valence-corrected chi connectivity index (χ4v) is 4.44. The molecule has 2 aromatic heterocycles. The molecule has 174 valence electrons. The number of hydrogen-bond donors (Lipinski definition) is 2. The van der Waals surface area contributed by atoms with E-state index in [9.17, 15) is 4.79 Å². The van der Waals surface area contributed by atoms with Crippen molar-refractivity contribution in [2.24, 2.45) is 0 Å². The van der Waals surface area contributed by atoms with Crippen molar-refractivity contribution in [3.05, 3.63) is 65.1 Å². The molecule has 34 heavy (non-hydrogen) atoms. The number of benzene rings is 2. The molecule has 1 aliphatic heterocycles. The summed E-state index contributed by atoms with van der Waals surface area (Å²) < 4.78 is 18.6. The lowest BCUT2D eigenvalue weighted by molar-refractivity contribution is -0.115. The van der Waals surface area contributed by atoms with Gasteiger partial charge in [-0.25, -0.2) is 9.97 Å². The fraction of sp³-hybridized carbons (Fsp3) is 0.240. The second kappa shape index (κ2) is 8.68. The van der Waals surface area contributed by atoms with E-state index in [2.05, 4.69) is 15.3 Å². The molecule has 0 spiro atoms. The number of methoxy groups -OCH3 is 2. The van der Waals surface area contributed by atoms with Gasteiger partial charge in [0.2, 0.25) is 5.91 Å². The van der Waals surface area contributed by atoms with Gasteiger partial charge in [-0.1, -0.05) is 12.1 Å². The standard InChI is InChI=1S/C25H25N5O4/c1-14-15(5-4-6-20(14)32-2)9-22(31)29-18-8-7-16(10-21(18)33-3)30-19-12-34-11-17(19)23-24(30)25(26)28-13-27-23/h4-8,10,13H,9,11-12H2,1-3H3,(H,29,31)(H2,26,27,28). The molecule has 5 rings (SSSR count). The average molecular weight is 460 g/mol. The van der Waals surface area contributed by atoms with Gasteiger partial charge in [0.15, 0.2) is 5.82 Å². The number of nitrogen functional groups attached to an aromatic ring is 1. The zero-order valence-electron chi connectivity index (χ0n) is 19.2. The summed E-state index contributed by atoms with van der Waals surface area (Å²) in [5.41, 5.74) is 13.0. The molecule has 0 saturated carbocycles. The van der Waals surface area contributed by atoms with E-state index in [4.69, 9.17) is 19.9 Å². The second-order valence-electron chi connectivity index (χ2n) is 8.06. The summed E-state index contributed by atoms with van der Waals surface area (Å²) in [4.78, 5) is 21.4. The highest BCUT2D eigenvalue weighted by molar-refractivity contribution is 5.95. The Bertz CT molecular complexity index is 1410. The summed E-state index contributed by atoms with van der Waals surface area (Å²) in [6.45, 7) is 2.87. The predicted molar refractivity (Wildman–Crippen MR) is 128 cm³/mol. The Kier molecular flexibility index (Phi) is 5.54. The molecule has 9 nitrogen and oxygen atoms in total. The summed E-state index contributed by atoms with van der Waals surface area (Å²) in [5, 5.41) is 2.96. The Labute approximate surface area is 196 Å². The molecule has 9 heteroatoms. The van der Waals surface area contributed by atoms with Crippen LogP contribution in [-0.2, 0) is 29.2 Å². The van der Waals surface area contributed by atoms with Gasteiger partial charge in [0.25, 0.3) is 0 Å². The van der Waals surface area contributed by atoms with E-state index in [1.165, 1.54) is 6.33 Å². The van der Waals surface area contributed by atoms with Crippen LogP contribution in [0.2, 0.25) is 0 Å². The number of rotatable bonds is 6. The first-order valence-electron chi connectivity index (χ1n) is 10.8. The van der Waals surface area contributed by atoms with Crippen molar-refractivity contribution in [2.75, 3.05) is 25.3 Å². The predicted octanol–water partition coefficient (Wildman–Crippen LogP) is 3.54. The number of nitrogens with one attached hydrogen (secondary N) is 1. The van der Waals surface area contributed by atoms with Crippen LogP contribution < -0.4 is 20.5 Å². The lowest BCUT2D eigenvalue weighted by atomic mass is 10.0. The van der Waals surface area contributed by atoms with Crippen molar-refractivity contribution < 1.29 is 19.0 Å². The lowest BCUT2D eigenvalue weighted by Crippen LogP contribution is -2.16. The highest BCUT2D eigenvalue weighted by atomic mass is 16.5. The second-order valence-corrected chi connectivity index (χ2v) is 8.06. The van der Waals surface area contributed by atoms with Crippen LogP contribution >= 0.6 is 0 Å². The van der Waals surface area contributed by atoms with Crippen molar-refractivity contribution in [3.63, 3.8) is 0 Å². The van der Waals surface area contributed by atoms with Crippen LogP contribution in [0.25, 0.3) is 16.7 Å². The van der Waals surface area contributed by atoms with Crippen LogP contribution in [0, 0.1) is 6.92 Å². The first kappa shape index (κ1) is 21.7. The smallest absolute Gasteiger partial charge is 0.228 e. The summed E-state index contributed by atoms with van der Waals surface area (Å²) in [5.74, 6) is 1.52. The van der Waals surface area contributed by atoms with Crippen LogP contribution in [0.1, 0.15) is 22.4 Å². The molecule has 0 aliphatic carbocycles. The van der Waals surface area contributed by atoms with Crippen LogP contribution in [0.5, 0.6) is 11.5 Å². The summed E-state index contributed by atoms with van der Waals surface area (Å²) in [6, 6.07) is 11.3. The molecule has 0 fully saturated rings. The van der Waals surface area contributed by atoms with Crippen molar-refractivity contribution in [1.29, 1.82) is 0 Å². The summed E-state index contributed by atoms with van der Waals surface area (Å²) in [7, 11) is 3.19. The number of fused-ring (bicyclic) bond motifs is 3. The monoisotopic (exact) mass is 459 g/mol. The Hall–Kier alpha value is -4.11. The molecule has 0 bridgehead atoms. The minimum atomic E-state index is -0.152. The zero-order chi connectivity index (χ0) is 23.8. The van der Waals surface area contributed by atoms with E-state index >= 15 is 0 Å². The van der Waals surface area contributed by atoms with Crippen molar-refractivity contribution in [3.8, 4) is 17.2 Å². The van der Waals surface area contributed by atoms with Crippen LogP contribution in [-0.4, -0.2) is 34.7 Å². The number of carbonyl (C=O) groups is 1. The van der Waals surface area contributed by atoms with E-state index in [1.54, 1.807) is 14.2 Å². The maximum atomic E-state index is 12.8. The van der Waals surface area contributed by atoms with Gasteiger partial charge < -0.3 is 29.8 Å². The third-order valence-electron chi connectivity index (χ3n) is 6.15. The third-order valence-corrected chi connectivity index (χ3v) is 6.15. The van der Waals surface area contributed by atoms with Crippen LogP contribution in [0.15, 0.2) is 42.7 Å². The third kappa shape index (κ3) is 3.60. The van der Waals surface area contributed by atoms with Gasteiger partial charge in [-0.05, 0) is 36.2 Å². The van der Waals surface area contributed by atoms with Crippen molar-refractivity contribution in [1.82, 2.24) is 14.5 Å². The van der Waals surface area contributed by atoms with E-state index in [1.807, 2.05) is 47.9 Å². The van der Waals surface area contributed by atoms with Gasteiger partial charge >= 0.3 is 0 Å². The largest absolute Gasteiger partial charge is 0.496 e. The molecular weight excluding hydrogens is 434 g/mol. The molecule has 0 unspecified atom stereocenters. The van der Waals surface area contributed by atoms with Crippen LogP contribution in [0.4, 0.5) is 11.5 Å². The Balaban J connectivity index is 1.47. The van der Waals surface area contributed by atoms with E-state index in [-0.39, 0.29) is 12.3 Å². The minimum absolute atomic E-state index is 0.152. The van der Waals surface area contributed by atoms with E-state index in [0.29, 0.717) is 30.5 Å². The Morgan fingerprint density at radius 1 is 1.15 bits per heavy atom. The SMILES string of the molecule is COc1cc(-n2c3c(c4ncnc(N)c42)COC3)ccc1NC(=O)Cc1cccc(OC)c1C. The number of nitrogens with two attached hydrogens (primary N) is 1. The number of nitrogens with zero attached hydrogens (tertiary/aromatic N) is 3. The lowest BCUT2D eigenvalue weighted by Gasteiger charge is -2.15. The topological polar surface area (TPSA) is 114 Å². The molecule has 3 heterocycles. The molecule has 3 N–H and O–H groups in total.